The van der Waals surface area contributed by atoms with Crippen LogP contribution in [0.1, 0.15) is 5.82 Å². The van der Waals surface area contributed by atoms with Gasteiger partial charge in [0.05, 0.1) is 6.54 Å². The molecule has 0 spiro atoms. The van der Waals surface area contributed by atoms with Crippen LogP contribution in [0.4, 0.5) is 0 Å². The molecule has 15 heavy (non-hydrogen) atoms. The lowest BCUT2D eigenvalue weighted by Gasteiger charge is -2.03. The molecule has 2 aromatic heterocycles. The number of hydrogen-bond acceptors (Lipinski definition) is 4. The van der Waals surface area contributed by atoms with Crippen LogP contribution >= 0.6 is 11.6 Å². The van der Waals surface area contributed by atoms with Gasteiger partial charge in [-0.25, -0.2) is 4.98 Å². The van der Waals surface area contributed by atoms with Crippen LogP contribution in [0.15, 0.2) is 23.5 Å². The van der Waals surface area contributed by atoms with Crippen LogP contribution in [0.2, 0.25) is 5.15 Å². The molecule has 0 bridgehead atoms. The van der Waals surface area contributed by atoms with Crippen molar-refractivity contribution in [3.8, 4) is 0 Å². The van der Waals surface area contributed by atoms with E-state index in [2.05, 4.69) is 15.2 Å². The maximum atomic E-state index is 11.5. The molecule has 0 saturated carbocycles. The summed E-state index contributed by atoms with van der Waals surface area (Å²) in [5.41, 5.74) is -0.331. The van der Waals surface area contributed by atoms with Gasteiger partial charge in [0.2, 0.25) is 0 Å². The summed E-state index contributed by atoms with van der Waals surface area (Å²) in [6.07, 6.45) is 4.60. The van der Waals surface area contributed by atoms with E-state index in [0.717, 1.165) is 0 Å². The average molecular weight is 226 g/mol. The zero-order valence-electron chi connectivity index (χ0n) is 7.96. The molecule has 7 heteroatoms. The zero-order chi connectivity index (χ0) is 10.8. The smallest absolute Gasteiger partial charge is 0.288 e. The number of aromatic nitrogens is 5. The Hall–Kier alpha value is -1.69. The fourth-order valence-corrected chi connectivity index (χ4v) is 1.31. The first-order valence-electron chi connectivity index (χ1n) is 4.22. The molecule has 0 aliphatic rings. The first kappa shape index (κ1) is 9.85. The SMILES string of the molecule is Cn1cnnc1Cn1ccnc(Cl)c1=O. The van der Waals surface area contributed by atoms with Gasteiger partial charge in [-0.15, -0.1) is 10.2 Å². The first-order chi connectivity index (χ1) is 7.18. The highest BCUT2D eigenvalue weighted by molar-refractivity contribution is 6.29. The van der Waals surface area contributed by atoms with E-state index in [0.29, 0.717) is 12.4 Å². The van der Waals surface area contributed by atoms with E-state index in [1.54, 1.807) is 17.1 Å². The molecular weight excluding hydrogens is 218 g/mol. The molecule has 2 heterocycles. The number of nitrogens with zero attached hydrogens (tertiary/aromatic N) is 5. The predicted octanol–water partition coefficient (Wildman–Crippen LogP) is 0.0735. The minimum Gasteiger partial charge on any atom is -0.319 e. The van der Waals surface area contributed by atoms with E-state index in [1.807, 2.05) is 7.05 Å². The Labute approximate surface area is 90.2 Å². The van der Waals surface area contributed by atoms with Crippen molar-refractivity contribution >= 4 is 11.6 Å². The molecule has 0 N–H and O–H groups in total. The second-order valence-electron chi connectivity index (χ2n) is 3.01. The Morgan fingerprint density at radius 1 is 1.53 bits per heavy atom. The monoisotopic (exact) mass is 225 g/mol. The number of rotatable bonds is 2. The third kappa shape index (κ3) is 1.89. The molecule has 6 nitrogen and oxygen atoms in total. The molecule has 0 aliphatic carbocycles. The molecule has 0 unspecified atom stereocenters. The number of hydrogen-bond donors (Lipinski definition) is 0. The minimum atomic E-state index is -0.331. The van der Waals surface area contributed by atoms with Crippen molar-refractivity contribution in [1.82, 2.24) is 24.3 Å². The maximum Gasteiger partial charge on any atom is 0.288 e. The minimum absolute atomic E-state index is 0.0420. The lowest BCUT2D eigenvalue weighted by atomic mass is 10.5. The third-order valence-electron chi connectivity index (χ3n) is 1.99. The zero-order valence-corrected chi connectivity index (χ0v) is 8.72. The molecule has 2 rings (SSSR count). The van der Waals surface area contributed by atoms with Gasteiger partial charge in [-0.2, -0.15) is 0 Å². The summed E-state index contributed by atoms with van der Waals surface area (Å²) in [7, 11) is 1.81. The molecule has 0 amide bonds. The van der Waals surface area contributed by atoms with E-state index >= 15 is 0 Å². The fraction of sp³-hybridized carbons (Fsp3) is 0.250. The van der Waals surface area contributed by atoms with Crippen LogP contribution < -0.4 is 5.56 Å². The Morgan fingerprint density at radius 2 is 2.33 bits per heavy atom. The lowest BCUT2D eigenvalue weighted by molar-refractivity contribution is 0.671. The van der Waals surface area contributed by atoms with Crippen LogP contribution in [-0.2, 0) is 13.6 Å². The van der Waals surface area contributed by atoms with Crippen molar-refractivity contribution in [3.05, 3.63) is 40.1 Å². The standard InChI is InChI=1S/C8H8ClN5O/c1-13-5-11-12-6(13)4-14-3-2-10-7(9)8(14)15/h2-3,5H,4H2,1H3. The Morgan fingerprint density at radius 3 is 3.00 bits per heavy atom. The van der Waals surface area contributed by atoms with Crippen molar-refractivity contribution < 1.29 is 0 Å². The quantitative estimate of drug-likeness (QED) is 0.726. The molecule has 0 atom stereocenters. The van der Waals surface area contributed by atoms with Crippen molar-refractivity contribution in [2.45, 2.75) is 6.54 Å². The molecule has 0 fully saturated rings. The Balaban J connectivity index is 2.37. The van der Waals surface area contributed by atoms with Gasteiger partial charge in [0.1, 0.15) is 6.33 Å². The van der Waals surface area contributed by atoms with Crippen LogP contribution in [-0.4, -0.2) is 24.3 Å². The first-order valence-corrected chi connectivity index (χ1v) is 4.60. The van der Waals surface area contributed by atoms with Gasteiger partial charge in [-0.1, -0.05) is 11.6 Å². The highest BCUT2D eigenvalue weighted by Crippen LogP contribution is 1.97. The van der Waals surface area contributed by atoms with Gasteiger partial charge in [-0.05, 0) is 0 Å². The maximum absolute atomic E-state index is 11.5. The van der Waals surface area contributed by atoms with Crippen LogP contribution in [0, 0.1) is 0 Å². The molecule has 78 valence electrons. The van der Waals surface area contributed by atoms with Crippen LogP contribution in [0.5, 0.6) is 0 Å². The normalized spacial score (nSPS) is 10.5. The van der Waals surface area contributed by atoms with E-state index in [4.69, 9.17) is 11.6 Å². The summed E-state index contributed by atoms with van der Waals surface area (Å²) in [5, 5.41) is 7.55. The summed E-state index contributed by atoms with van der Waals surface area (Å²) >= 11 is 5.61. The Kier molecular flexibility index (Phi) is 2.51. The van der Waals surface area contributed by atoms with Crippen molar-refractivity contribution in [2.24, 2.45) is 7.05 Å². The predicted molar refractivity (Wildman–Crippen MR) is 53.6 cm³/mol. The van der Waals surface area contributed by atoms with Gasteiger partial charge in [0.15, 0.2) is 11.0 Å². The average Bonchev–Trinajstić information content (AvgIpc) is 2.60. The highest BCUT2D eigenvalue weighted by Gasteiger charge is 2.05. The third-order valence-corrected chi connectivity index (χ3v) is 2.25. The second kappa shape index (κ2) is 3.82. The number of halogens is 1. The van der Waals surface area contributed by atoms with E-state index < -0.39 is 0 Å². The van der Waals surface area contributed by atoms with Gasteiger partial charge in [0, 0.05) is 19.4 Å². The van der Waals surface area contributed by atoms with E-state index in [-0.39, 0.29) is 10.7 Å². The number of aryl methyl sites for hydroxylation is 1. The van der Waals surface area contributed by atoms with E-state index in [1.165, 1.54) is 10.8 Å². The lowest BCUT2D eigenvalue weighted by Crippen LogP contribution is -2.22. The van der Waals surface area contributed by atoms with Crippen LogP contribution in [0.3, 0.4) is 0 Å². The molecule has 2 aromatic rings. The van der Waals surface area contributed by atoms with Crippen molar-refractivity contribution in [3.63, 3.8) is 0 Å². The topological polar surface area (TPSA) is 65.6 Å². The van der Waals surface area contributed by atoms with Gasteiger partial charge in [0.25, 0.3) is 5.56 Å². The molecular formula is C8H8ClN5O. The summed E-state index contributed by atoms with van der Waals surface area (Å²) < 4.78 is 3.17. The molecule has 0 aromatic carbocycles. The summed E-state index contributed by atoms with van der Waals surface area (Å²) in [6, 6.07) is 0. The van der Waals surface area contributed by atoms with Crippen molar-refractivity contribution in [2.75, 3.05) is 0 Å². The summed E-state index contributed by atoms with van der Waals surface area (Å²) in [5.74, 6) is 0.680. The van der Waals surface area contributed by atoms with Crippen molar-refractivity contribution in [1.29, 1.82) is 0 Å². The highest BCUT2D eigenvalue weighted by atomic mass is 35.5. The summed E-state index contributed by atoms with van der Waals surface area (Å²) in [4.78, 5) is 15.2. The van der Waals surface area contributed by atoms with Gasteiger partial charge < -0.3 is 9.13 Å². The van der Waals surface area contributed by atoms with Crippen LogP contribution in [0.25, 0.3) is 0 Å². The van der Waals surface area contributed by atoms with Gasteiger partial charge >= 0.3 is 0 Å². The Bertz CT molecular complexity index is 532. The molecule has 0 radical (unpaired) electrons. The van der Waals surface area contributed by atoms with Gasteiger partial charge in [-0.3, -0.25) is 4.79 Å². The van der Waals surface area contributed by atoms with E-state index in [9.17, 15) is 4.79 Å². The second-order valence-corrected chi connectivity index (χ2v) is 3.37. The summed E-state index contributed by atoms with van der Waals surface area (Å²) in [6.45, 7) is 0.331. The fourth-order valence-electron chi connectivity index (χ4n) is 1.15. The molecule has 0 aliphatic heterocycles. The largest absolute Gasteiger partial charge is 0.319 e. The molecule has 0 saturated heterocycles.